The first kappa shape index (κ1) is 15.0. The number of hydrogen-bond donors (Lipinski definition) is 1. The zero-order chi connectivity index (χ0) is 12.4. The van der Waals surface area contributed by atoms with Crippen molar-refractivity contribution in [2.45, 2.75) is 26.3 Å². The van der Waals surface area contributed by atoms with Gasteiger partial charge in [0.05, 0.1) is 7.11 Å². The normalized spacial score (nSPS) is 10.4. The number of unbranched alkanes of at least 4 members (excludes halogenated alkanes) is 1. The number of aryl methyl sites for hydroxylation is 1. The van der Waals surface area contributed by atoms with E-state index in [0.29, 0.717) is 0 Å². The van der Waals surface area contributed by atoms with Crippen LogP contribution in [0.15, 0.2) is 30.6 Å². The summed E-state index contributed by atoms with van der Waals surface area (Å²) in [5.74, 6) is 0. The number of pyridine rings is 1. The molecule has 1 heterocycles. The summed E-state index contributed by atoms with van der Waals surface area (Å²) in [7, 11) is -3.29. The molecule has 0 atom stereocenters. The molecule has 1 aromatic rings. The van der Waals surface area contributed by atoms with Gasteiger partial charge in [0.1, 0.15) is 6.54 Å². The molecule has 0 fully saturated rings. The lowest BCUT2D eigenvalue weighted by atomic mass is 10.3. The third kappa shape index (κ3) is 9.57. The van der Waals surface area contributed by atoms with Crippen LogP contribution in [0.5, 0.6) is 0 Å². The summed E-state index contributed by atoms with van der Waals surface area (Å²) < 4.78 is 31.9. The SMILES string of the molecule is CCCC[n+]1ccccc1.COS(=O)(=O)O. The fourth-order valence-electron chi connectivity index (χ4n) is 0.924. The molecule has 0 aliphatic carbocycles. The van der Waals surface area contributed by atoms with Crippen LogP contribution >= 0.6 is 0 Å². The molecule has 5 nitrogen and oxygen atoms in total. The van der Waals surface area contributed by atoms with Gasteiger partial charge in [-0.05, 0) is 0 Å². The van der Waals surface area contributed by atoms with Crippen molar-refractivity contribution in [1.29, 1.82) is 0 Å². The molecule has 0 aliphatic rings. The van der Waals surface area contributed by atoms with Crippen LogP contribution in [-0.2, 0) is 21.1 Å². The van der Waals surface area contributed by atoms with Crippen molar-refractivity contribution < 1.29 is 21.7 Å². The van der Waals surface area contributed by atoms with Gasteiger partial charge in [-0.15, -0.1) is 0 Å². The quantitative estimate of drug-likeness (QED) is 0.642. The second kappa shape index (κ2) is 8.20. The average molecular weight is 248 g/mol. The average Bonchev–Trinajstić information content (AvgIpc) is 2.28. The summed E-state index contributed by atoms with van der Waals surface area (Å²) in [6.07, 6.45) is 6.75. The molecular formula is C10H18NO4S+. The maximum absolute atomic E-state index is 9.33. The first-order valence-electron chi connectivity index (χ1n) is 4.96. The first-order chi connectivity index (χ1) is 7.49. The Bertz CT molecular complexity index is 364. The molecule has 1 aromatic heterocycles. The number of hydrogen-bond acceptors (Lipinski definition) is 3. The molecule has 16 heavy (non-hydrogen) atoms. The van der Waals surface area contributed by atoms with Crippen LogP contribution < -0.4 is 4.57 Å². The standard InChI is InChI=1S/C9H14N.CH4O4S/c1-2-3-7-10-8-5-4-6-9-10;1-5-6(2,3)4/h4-6,8-9H,2-3,7H2,1H3;1H3,(H,2,3,4)/q+1;. The summed E-state index contributed by atoms with van der Waals surface area (Å²) in [5, 5.41) is 0. The molecule has 0 spiro atoms. The van der Waals surface area contributed by atoms with Crippen molar-refractivity contribution in [2.24, 2.45) is 0 Å². The third-order valence-electron chi connectivity index (χ3n) is 1.76. The van der Waals surface area contributed by atoms with Gasteiger partial charge in [0.25, 0.3) is 0 Å². The van der Waals surface area contributed by atoms with Gasteiger partial charge in [-0.1, -0.05) is 19.4 Å². The molecule has 1 rings (SSSR count). The second-order valence-electron chi connectivity index (χ2n) is 3.06. The molecule has 0 radical (unpaired) electrons. The number of aromatic nitrogens is 1. The molecule has 92 valence electrons. The van der Waals surface area contributed by atoms with Gasteiger partial charge >= 0.3 is 10.4 Å². The van der Waals surface area contributed by atoms with Gasteiger partial charge in [-0.25, -0.2) is 4.57 Å². The van der Waals surface area contributed by atoms with Crippen LogP contribution in [0.4, 0.5) is 0 Å². The molecule has 6 heteroatoms. The van der Waals surface area contributed by atoms with Crippen LogP contribution in [0.2, 0.25) is 0 Å². The van der Waals surface area contributed by atoms with Crippen LogP contribution in [0.25, 0.3) is 0 Å². The highest BCUT2D eigenvalue weighted by Crippen LogP contribution is 1.85. The Labute approximate surface area is 96.6 Å². The third-order valence-corrected chi connectivity index (χ3v) is 2.18. The van der Waals surface area contributed by atoms with Crippen LogP contribution in [0, 0.1) is 0 Å². The number of rotatable bonds is 4. The van der Waals surface area contributed by atoms with Crippen molar-refractivity contribution in [3.8, 4) is 0 Å². The van der Waals surface area contributed by atoms with Crippen molar-refractivity contribution >= 4 is 10.4 Å². The minimum atomic E-state index is -4.16. The molecule has 0 unspecified atom stereocenters. The Balaban J connectivity index is 0.000000325. The molecule has 0 saturated carbocycles. The second-order valence-corrected chi connectivity index (χ2v) is 4.25. The van der Waals surface area contributed by atoms with E-state index in [9.17, 15) is 8.42 Å². The highest BCUT2D eigenvalue weighted by atomic mass is 32.3. The van der Waals surface area contributed by atoms with E-state index in [-0.39, 0.29) is 0 Å². The Morgan fingerprint density at radius 3 is 2.12 bits per heavy atom. The summed E-state index contributed by atoms with van der Waals surface area (Å²) in [6, 6.07) is 6.17. The lowest BCUT2D eigenvalue weighted by molar-refractivity contribution is -0.697. The monoisotopic (exact) mass is 248 g/mol. The van der Waals surface area contributed by atoms with Gasteiger partial charge < -0.3 is 0 Å². The van der Waals surface area contributed by atoms with E-state index in [4.69, 9.17) is 4.55 Å². The molecular weight excluding hydrogens is 230 g/mol. The smallest absolute Gasteiger partial charge is 0.264 e. The first-order valence-corrected chi connectivity index (χ1v) is 6.33. The predicted octanol–water partition coefficient (Wildman–Crippen LogP) is 1.21. The molecule has 0 bridgehead atoms. The van der Waals surface area contributed by atoms with E-state index in [2.05, 4.69) is 40.2 Å². The molecule has 0 saturated heterocycles. The zero-order valence-corrected chi connectivity index (χ0v) is 10.4. The van der Waals surface area contributed by atoms with E-state index < -0.39 is 10.4 Å². The van der Waals surface area contributed by atoms with Gasteiger partial charge in [0.2, 0.25) is 0 Å². The van der Waals surface area contributed by atoms with Gasteiger partial charge in [0.15, 0.2) is 12.4 Å². The van der Waals surface area contributed by atoms with Crippen molar-refractivity contribution in [2.75, 3.05) is 7.11 Å². The highest BCUT2D eigenvalue weighted by molar-refractivity contribution is 7.80. The van der Waals surface area contributed by atoms with E-state index in [0.717, 1.165) is 13.7 Å². The molecule has 1 N–H and O–H groups in total. The van der Waals surface area contributed by atoms with Crippen LogP contribution in [0.1, 0.15) is 19.8 Å². The number of nitrogens with zero attached hydrogens (tertiary/aromatic N) is 1. The van der Waals surface area contributed by atoms with E-state index >= 15 is 0 Å². The Kier molecular flexibility index (Phi) is 7.70. The van der Waals surface area contributed by atoms with E-state index in [1.165, 1.54) is 12.8 Å². The van der Waals surface area contributed by atoms with Crippen LogP contribution in [0.3, 0.4) is 0 Å². The highest BCUT2D eigenvalue weighted by Gasteiger charge is 1.94. The van der Waals surface area contributed by atoms with Gasteiger partial charge in [0, 0.05) is 18.6 Å². The molecule has 0 aliphatic heterocycles. The lowest BCUT2D eigenvalue weighted by Gasteiger charge is -1.91. The maximum atomic E-state index is 9.33. The largest absolute Gasteiger partial charge is 0.397 e. The van der Waals surface area contributed by atoms with Crippen molar-refractivity contribution in [3.05, 3.63) is 30.6 Å². The molecule has 0 amide bonds. The maximum Gasteiger partial charge on any atom is 0.397 e. The summed E-state index contributed by atoms with van der Waals surface area (Å²) >= 11 is 0. The summed E-state index contributed by atoms with van der Waals surface area (Å²) in [5.41, 5.74) is 0. The minimum absolute atomic E-state index is 0.870. The summed E-state index contributed by atoms with van der Waals surface area (Å²) in [6.45, 7) is 3.36. The minimum Gasteiger partial charge on any atom is -0.264 e. The van der Waals surface area contributed by atoms with E-state index in [1.807, 2.05) is 6.07 Å². The Hall–Kier alpha value is -0.980. The van der Waals surface area contributed by atoms with E-state index in [1.54, 1.807) is 0 Å². The zero-order valence-electron chi connectivity index (χ0n) is 9.54. The Morgan fingerprint density at radius 2 is 1.75 bits per heavy atom. The van der Waals surface area contributed by atoms with Gasteiger partial charge in [-0.3, -0.25) is 8.74 Å². The topological polar surface area (TPSA) is 67.5 Å². The summed E-state index contributed by atoms with van der Waals surface area (Å²) in [4.78, 5) is 0. The van der Waals surface area contributed by atoms with Gasteiger partial charge in [-0.2, -0.15) is 8.42 Å². The van der Waals surface area contributed by atoms with Crippen LogP contribution in [-0.4, -0.2) is 20.1 Å². The predicted molar refractivity (Wildman–Crippen MR) is 60.1 cm³/mol. The lowest BCUT2D eigenvalue weighted by Crippen LogP contribution is -2.31. The van der Waals surface area contributed by atoms with Crippen molar-refractivity contribution in [1.82, 2.24) is 0 Å². The molecule has 0 aromatic carbocycles. The Morgan fingerprint density at radius 1 is 1.25 bits per heavy atom. The fraction of sp³-hybridized carbons (Fsp3) is 0.500. The van der Waals surface area contributed by atoms with Crippen molar-refractivity contribution in [3.63, 3.8) is 0 Å². The fourth-order valence-corrected chi connectivity index (χ4v) is 0.924.